The van der Waals surface area contributed by atoms with Crippen LogP contribution in [0.15, 0.2) is 103 Å². The first-order chi connectivity index (χ1) is 13.9. The minimum Gasteiger partial charge on any atom is -0.726 e. The van der Waals surface area contributed by atoms with Gasteiger partial charge in [0.1, 0.15) is 0 Å². The lowest BCUT2D eigenvalue weighted by molar-refractivity contribution is 0.366. The molecule has 0 saturated heterocycles. The highest BCUT2D eigenvalue weighted by molar-refractivity contribution is 7.79. The number of hydrogen-bond donors (Lipinski definition) is 1. The largest absolute Gasteiger partial charge is 0.726 e. The SMILES string of the molecule is O=S(=O)([O-])O.c1ccc(-c2cc(-c3ccccc3)[s+]c(-c3ccccc3)c2)cc1. The van der Waals surface area contributed by atoms with E-state index in [4.69, 9.17) is 17.5 Å². The topological polar surface area (TPSA) is 77.4 Å². The van der Waals surface area contributed by atoms with E-state index in [1.165, 1.54) is 32.0 Å². The molecule has 4 aromatic rings. The second kappa shape index (κ2) is 9.54. The van der Waals surface area contributed by atoms with E-state index >= 15 is 0 Å². The number of rotatable bonds is 3. The molecule has 0 aliphatic carbocycles. The van der Waals surface area contributed by atoms with Crippen LogP contribution < -0.4 is 0 Å². The van der Waals surface area contributed by atoms with Gasteiger partial charge in [-0.15, -0.1) is 0 Å². The third kappa shape index (κ3) is 6.58. The smallest absolute Gasteiger partial charge is 0.239 e. The van der Waals surface area contributed by atoms with Gasteiger partial charge in [-0.1, -0.05) is 66.7 Å². The highest BCUT2D eigenvalue weighted by atomic mass is 32.3. The van der Waals surface area contributed by atoms with Gasteiger partial charge in [-0.05, 0) is 35.4 Å². The molecule has 6 heteroatoms. The molecule has 146 valence electrons. The highest BCUT2D eigenvalue weighted by Crippen LogP contribution is 2.37. The Hall–Kier alpha value is -2.90. The van der Waals surface area contributed by atoms with Crippen LogP contribution in [-0.2, 0) is 10.4 Å². The minimum absolute atomic E-state index is 1.25. The molecule has 0 fully saturated rings. The standard InChI is InChI=1S/C23H17S.H2O4S/c1-4-10-18(11-5-1)21-16-22(19-12-6-2-7-13-19)24-23(17-21)20-14-8-3-9-15-20;1-5(2,3)4/h1-17H;(H2,1,2,3,4)/q+1;/p-1. The molecule has 1 N–H and O–H groups in total. The first kappa shape index (κ1) is 20.8. The molecule has 0 atom stereocenters. The van der Waals surface area contributed by atoms with Crippen LogP contribution in [0.1, 0.15) is 0 Å². The molecule has 4 rings (SSSR count). The predicted molar refractivity (Wildman–Crippen MR) is 117 cm³/mol. The Kier molecular flexibility index (Phi) is 6.85. The fraction of sp³-hybridized carbons (Fsp3) is 0. The number of hydrogen-bond acceptors (Lipinski definition) is 3. The summed E-state index contributed by atoms with van der Waals surface area (Å²) in [5, 5.41) is 0. The predicted octanol–water partition coefficient (Wildman–Crippen LogP) is 6.03. The van der Waals surface area contributed by atoms with Gasteiger partial charge < -0.3 is 4.55 Å². The van der Waals surface area contributed by atoms with Crippen molar-refractivity contribution in [2.24, 2.45) is 0 Å². The third-order valence-electron chi connectivity index (χ3n) is 4.02. The van der Waals surface area contributed by atoms with Crippen molar-refractivity contribution in [2.75, 3.05) is 0 Å². The van der Waals surface area contributed by atoms with Crippen LogP contribution in [0.4, 0.5) is 0 Å². The van der Waals surface area contributed by atoms with Gasteiger partial charge in [-0.25, -0.2) is 8.42 Å². The van der Waals surface area contributed by atoms with E-state index in [0.29, 0.717) is 0 Å². The van der Waals surface area contributed by atoms with Crippen molar-refractivity contribution < 1.29 is 17.5 Å². The molecule has 0 aliphatic rings. The Morgan fingerprint density at radius 1 is 0.586 bits per heavy atom. The van der Waals surface area contributed by atoms with Gasteiger partial charge in [-0.2, -0.15) is 0 Å². The molecular weight excluding hydrogens is 404 g/mol. The van der Waals surface area contributed by atoms with Crippen LogP contribution in [0, 0.1) is 0 Å². The Bertz CT molecular complexity index is 1010. The first-order valence-electron chi connectivity index (χ1n) is 8.73. The Morgan fingerprint density at radius 2 is 0.897 bits per heavy atom. The van der Waals surface area contributed by atoms with Crippen molar-refractivity contribution in [3.05, 3.63) is 103 Å². The quantitative estimate of drug-likeness (QED) is 0.248. The molecule has 0 amide bonds. The lowest BCUT2D eigenvalue weighted by atomic mass is 10.0. The Morgan fingerprint density at radius 3 is 1.24 bits per heavy atom. The molecule has 1 heterocycles. The van der Waals surface area contributed by atoms with Crippen LogP contribution in [0.5, 0.6) is 0 Å². The van der Waals surface area contributed by atoms with Crippen LogP contribution in [0.3, 0.4) is 0 Å². The average Bonchev–Trinajstić information content (AvgIpc) is 2.74. The minimum atomic E-state index is -4.92. The van der Waals surface area contributed by atoms with Crippen molar-refractivity contribution in [3.8, 4) is 32.0 Å². The lowest BCUT2D eigenvalue weighted by Gasteiger charge is -2.02. The fourth-order valence-corrected chi connectivity index (χ4v) is 3.90. The average molecular weight is 423 g/mol. The van der Waals surface area contributed by atoms with Crippen molar-refractivity contribution in [1.82, 2.24) is 0 Å². The molecule has 0 unspecified atom stereocenters. The van der Waals surface area contributed by atoms with E-state index in [-0.39, 0.29) is 0 Å². The summed E-state index contributed by atoms with van der Waals surface area (Å²) in [5.74, 6) is 0. The van der Waals surface area contributed by atoms with Crippen molar-refractivity contribution >= 4 is 21.7 Å². The molecule has 0 spiro atoms. The maximum absolute atomic E-state index is 8.63. The molecular formula is C23H18O4S2. The summed E-state index contributed by atoms with van der Waals surface area (Å²) in [6, 6.07) is 36.4. The summed E-state index contributed by atoms with van der Waals surface area (Å²) >= 11 is 1.84. The van der Waals surface area contributed by atoms with Gasteiger partial charge in [-0.3, -0.25) is 4.55 Å². The molecule has 3 aromatic carbocycles. The normalized spacial score (nSPS) is 10.7. The van der Waals surface area contributed by atoms with E-state index in [2.05, 4.69) is 103 Å². The summed E-state index contributed by atoms with van der Waals surface area (Å²) in [5.41, 5.74) is 5.03. The maximum Gasteiger partial charge on any atom is 0.239 e. The molecule has 0 bridgehead atoms. The van der Waals surface area contributed by atoms with Crippen LogP contribution in [-0.4, -0.2) is 17.5 Å². The van der Waals surface area contributed by atoms with Crippen molar-refractivity contribution in [1.29, 1.82) is 0 Å². The van der Waals surface area contributed by atoms with Crippen molar-refractivity contribution in [3.63, 3.8) is 0 Å². The van der Waals surface area contributed by atoms with Gasteiger partial charge in [0.2, 0.25) is 31.5 Å². The van der Waals surface area contributed by atoms with Gasteiger partial charge in [0, 0.05) is 23.3 Å². The van der Waals surface area contributed by atoms with Crippen LogP contribution >= 0.6 is 11.3 Å². The fourth-order valence-electron chi connectivity index (χ4n) is 2.79. The first-order valence-corrected chi connectivity index (χ1v) is 10.9. The summed E-state index contributed by atoms with van der Waals surface area (Å²) in [4.78, 5) is 2.58. The van der Waals surface area contributed by atoms with E-state index in [1.807, 2.05) is 11.3 Å². The van der Waals surface area contributed by atoms with Gasteiger partial charge >= 0.3 is 0 Å². The third-order valence-corrected chi connectivity index (χ3v) is 5.16. The van der Waals surface area contributed by atoms with Gasteiger partial charge in [0.15, 0.2) is 0 Å². The summed E-state index contributed by atoms with van der Waals surface area (Å²) in [6.07, 6.45) is 0. The van der Waals surface area contributed by atoms with E-state index in [9.17, 15) is 0 Å². The summed E-state index contributed by atoms with van der Waals surface area (Å²) in [6.45, 7) is 0. The zero-order chi connectivity index (χ0) is 20.7. The van der Waals surface area contributed by atoms with E-state index < -0.39 is 10.4 Å². The molecule has 1 aromatic heterocycles. The van der Waals surface area contributed by atoms with Crippen LogP contribution in [0.25, 0.3) is 32.0 Å². The molecule has 4 nitrogen and oxygen atoms in total. The zero-order valence-corrected chi connectivity index (χ0v) is 16.9. The monoisotopic (exact) mass is 422 g/mol. The van der Waals surface area contributed by atoms with Crippen molar-refractivity contribution in [2.45, 2.75) is 0 Å². The molecule has 0 saturated carbocycles. The lowest BCUT2D eigenvalue weighted by Crippen LogP contribution is -1.90. The van der Waals surface area contributed by atoms with E-state index in [0.717, 1.165) is 0 Å². The zero-order valence-electron chi connectivity index (χ0n) is 15.3. The Labute approximate surface area is 174 Å². The summed E-state index contributed by atoms with van der Waals surface area (Å²) < 4.78 is 32.8. The Balaban J connectivity index is 0.000000431. The second-order valence-corrected chi connectivity index (χ2v) is 8.04. The number of benzene rings is 3. The van der Waals surface area contributed by atoms with Gasteiger partial charge in [0.05, 0.1) is 0 Å². The highest BCUT2D eigenvalue weighted by Gasteiger charge is 2.18. The molecule has 0 radical (unpaired) electrons. The second-order valence-electron chi connectivity index (χ2n) is 6.10. The van der Waals surface area contributed by atoms with Crippen LogP contribution in [0.2, 0.25) is 0 Å². The maximum atomic E-state index is 8.63. The summed E-state index contributed by atoms with van der Waals surface area (Å²) in [7, 11) is -4.92. The molecule has 0 aliphatic heterocycles. The van der Waals surface area contributed by atoms with Gasteiger partial charge in [0.25, 0.3) is 0 Å². The van der Waals surface area contributed by atoms with E-state index in [1.54, 1.807) is 0 Å². The molecule has 29 heavy (non-hydrogen) atoms.